The van der Waals surface area contributed by atoms with Crippen LogP contribution in [0.15, 0.2) is 28.9 Å². The summed E-state index contributed by atoms with van der Waals surface area (Å²) in [6.07, 6.45) is 4.78. The van der Waals surface area contributed by atoms with Gasteiger partial charge in [0.05, 0.1) is 4.92 Å². The van der Waals surface area contributed by atoms with Gasteiger partial charge in [-0.25, -0.2) is 0 Å². The molecule has 0 spiro atoms. The topological polar surface area (TPSA) is 55.5 Å². The lowest BCUT2D eigenvalue weighted by Gasteiger charge is -1.93. The highest BCUT2D eigenvalue weighted by Crippen LogP contribution is 1.99. The third kappa shape index (κ3) is 3.09. The van der Waals surface area contributed by atoms with Crippen LogP contribution in [0.5, 0.6) is 0 Å². The van der Waals surface area contributed by atoms with Gasteiger partial charge in [0.2, 0.25) is 0 Å². The molecule has 0 fully saturated rings. The van der Waals surface area contributed by atoms with Crippen LogP contribution in [0.25, 0.3) is 0 Å². The highest BCUT2D eigenvalue weighted by atomic mass is 16.6. The monoisotopic (exact) mass is 168 g/mol. The largest absolute Gasteiger partial charge is 0.289 e. The van der Waals surface area contributed by atoms with Crippen molar-refractivity contribution >= 4 is 5.71 Å². The molecule has 0 aliphatic carbocycles. The van der Waals surface area contributed by atoms with Gasteiger partial charge in [-0.15, -0.1) is 0 Å². The molecule has 0 bridgehead atoms. The molecular formula is C8H12N2O2. The first-order chi connectivity index (χ1) is 5.63. The van der Waals surface area contributed by atoms with Crippen molar-refractivity contribution in [2.24, 2.45) is 4.99 Å². The van der Waals surface area contributed by atoms with E-state index in [0.29, 0.717) is 5.71 Å². The van der Waals surface area contributed by atoms with E-state index in [1.807, 2.05) is 0 Å². The van der Waals surface area contributed by atoms with Gasteiger partial charge in [-0.3, -0.25) is 15.1 Å². The predicted octanol–water partition coefficient (Wildman–Crippen LogP) is 1.81. The van der Waals surface area contributed by atoms with Gasteiger partial charge in [0.15, 0.2) is 0 Å². The molecular weight excluding hydrogens is 156 g/mol. The van der Waals surface area contributed by atoms with Crippen LogP contribution in [0.4, 0.5) is 0 Å². The maximum Gasteiger partial charge on any atom is 0.289 e. The summed E-state index contributed by atoms with van der Waals surface area (Å²) in [4.78, 5) is 13.7. The summed E-state index contributed by atoms with van der Waals surface area (Å²) in [5, 5.41) is 10.4. The van der Waals surface area contributed by atoms with E-state index < -0.39 is 4.92 Å². The first-order valence-electron chi connectivity index (χ1n) is 3.54. The summed E-state index contributed by atoms with van der Waals surface area (Å²) < 4.78 is 0. The Morgan fingerprint density at radius 1 is 1.58 bits per heavy atom. The van der Waals surface area contributed by atoms with Gasteiger partial charge in [0, 0.05) is 13.1 Å². The zero-order valence-corrected chi connectivity index (χ0v) is 7.44. The third-order valence-electron chi connectivity index (χ3n) is 1.35. The van der Waals surface area contributed by atoms with Crippen molar-refractivity contribution in [2.45, 2.75) is 13.8 Å². The van der Waals surface area contributed by atoms with Crippen molar-refractivity contribution < 1.29 is 4.92 Å². The highest BCUT2D eigenvalue weighted by molar-refractivity contribution is 5.96. The maximum absolute atomic E-state index is 10.4. The van der Waals surface area contributed by atoms with E-state index in [4.69, 9.17) is 0 Å². The zero-order chi connectivity index (χ0) is 9.56. The average Bonchev–Trinajstić information content (AvgIpc) is 2.04. The SMILES string of the molecule is C/C=C/C=C(\C(C)=NC)[N+](=O)[O-]. The van der Waals surface area contributed by atoms with Gasteiger partial charge >= 0.3 is 0 Å². The van der Waals surface area contributed by atoms with Crippen molar-refractivity contribution in [1.82, 2.24) is 0 Å². The second kappa shape index (κ2) is 5.23. The van der Waals surface area contributed by atoms with Crippen molar-refractivity contribution in [3.05, 3.63) is 34.0 Å². The van der Waals surface area contributed by atoms with Gasteiger partial charge in [-0.1, -0.05) is 12.2 Å². The first kappa shape index (κ1) is 10.6. The minimum Gasteiger partial charge on any atom is -0.286 e. The molecule has 0 heterocycles. The van der Waals surface area contributed by atoms with Gasteiger partial charge in [-0.05, 0) is 13.8 Å². The minimum absolute atomic E-state index is 0.0376. The maximum atomic E-state index is 10.4. The van der Waals surface area contributed by atoms with Crippen LogP contribution < -0.4 is 0 Å². The number of hydrogen-bond donors (Lipinski definition) is 0. The lowest BCUT2D eigenvalue weighted by Crippen LogP contribution is -2.07. The second-order valence-corrected chi connectivity index (χ2v) is 2.14. The number of allylic oxidation sites excluding steroid dienone is 4. The van der Waals surface area contributed by atoms with E-state index in [0.717, 1.165) is 0 Å². The molecule has 0 saturated heterocycles. The Labute approximate surface area is 71.5 Å². The summed E-state index contributed by atoms with van der Waals surface area (Å²) in [7, 11) is 1.53. The van der Waals surface area contributed by atoms with Crippen LogP contribution >= 0.6 is 0 Å². The van der Waals surface area contributed by atoms with Crippen LogP contribution in [0.3, 0.4) is 0 Å². The van der Waals surface area contributed by atoms with E-state index in [1.54, 1.807) is 26.0 Å². The molecule has 0 N–H and O–H groups in total. The van der Waals surface area contributed by atoms with Crippen molar-refractivity contribution in [3.8, 4) is 0 Å². The Morgan fingerprint density at radius 2 is 2.17 bits per heavy atom. The smallest absolute Gasteiger partial charge is 0.286 e. The van der Waals surface area contributed by atoms with Gasteiger partial charge in [0.1, 0.15) is 5.71 Å². The van der Waals surface area contributed by atoms with Crippen molar-refractivity contribution in [3.63, 3.8) is 0 Å². The first-order valence-corrected chi connectivity index (χ1v) is 3.54. The van der Waals surface area contributed by atoms with E-state index in [-0.39, 0.29) is 5.70 Å². The quantitative estimate of drug-likeness (QED) is 0.279. The summed E-state index contributed by atoms with van der Waals surface area (Å²) in [5.74, 6) is 0. The normalized spacial score (nSPS) is 13.9. The molecule has 0 unspecified atom stereocenters. The van der Waals surface area contributed by atoms with E-state index in [9.17, 15) is 10.1 Å². The molecule has 0 aliphatic rings. The van der Waals surface area contributed by atoms with Gasteiger partial charge in [-0.2, -0.15) is 0 Å². The molecule has 0 aliphatic heterocycles. The Kier molecular flexibility index (Phi) is 4.60. The van der Waals surface area contributed by atoms with Gasteiger partial charge < -0.3 is 0 Å². The van der Waals surface area contributed by atoms with Crippen LogP contribution in [0.2, 0.25) is 0 Å². The lowest BCUT2D eigenvalue weighted by molar-refractivity contribution is -0.415. The van der Waals surface area contributed by atoms with Crippen molar-refractivity contribution in [1.29, 1.82) is 0 Å². The van der Waals surface area contributed by atoms with E-state index >= 15 is 0 Å². The molecule has 0 aromatic heterocycles. The molecule has 0 atom stereocenters. The minimum atomic E-state index is -0.442. The number of nitrogens with zero attached hydrogens (tertiary/aromatic N) is 2. The summed E-state index contributed by atoms with van der Waals surface area (Å²) in [6.45, 7) is 3.41. The van der Waals surface area contributed by atoms with E-state index in [2.05, 4.69) is 4.99 Å². The predicted molar refractivity (Wildman–Crippen MR) is 48.9 cm³/mol. The molecule has 4 nitrogen and oxygen atoms in total. The highest BCUT2D eigenvalue weighted by Gasteiger charge is 2.11. The fraction of sp³-hybridized carbons (Fsp3) is 0.375. The fourth-order valence-corrected chi connectivity index (χ4v) is 0.615. The average molecular weight is 168 g/mol. The Morgan fingerprint density at radius 3 is 2.50 bits per heavy atom. The second-order valence-electron chi connectivity index (χ2n) is 2.14. The molecule has 0 amide bonds. The van der Waals surface area contributed by atoms with Crippen molar-refractivity contribution in [2.75, 3.05) is 7.05 Å². The third-order valence-corrected chi connectivity index (χ3v) is 1.35. The van der Waals surface area contributed by atoms with Crippen LogP contribution in [-0.4, -0.2) is 17.7 Å². The molecule has 0 aromatic rings. The summed E-state index contributed by atoms with van der Waals surface area (Å²) in [6, 6.07) is 0. The molecule has 66 valence electrons. The van der Waals surface area contributed by atoms with Crippen LogP contribution in [0.1, 0.15) is 13.8 Å². The van der Waals surface area contributed by atoms with Gasteiger partial charge in [0.25, 0.3) is 5.70 Å². The number of aliphatic imine (C=N–C) groups is 1. The standard InChI is InChI=1S/C8H12N2O2/c1-4-5-6-8(10(11)12)7(2)9-3/h4-6H,1-3H3/b5-4+,8-6+,9-7?. The molecule has 0 radical (unpaired) electrons. The molecule has 0 saturated carbocycles. The molecule has 0 rings (SSSR count). The Bertz CT molecular complexity index is 252. The lowest BCUT2D eigenvalue weighted by atomic mass is 10.3. The zero-order valence-electron chi connectivity index (χ0n) is 7.44. The summed E-state index contributed by atoms with van der Waals surface area (Å²) >= 11 is 0. The van der Waals surface area contributed by atoms with E-state index in [1.165, 1.54) is 13.1 Å². The number of rotatable bonds is 3. The fourth-order valence-electron chi connectivity index (χ4n) is 0.615. The Hall–Kier alpha value is -1.45. The Balaban J connectivity index is 4.79. The summed E-state index contributed by atoms with van der Waals surface area (Å²) in [5.41, 5.74) is 0.466. The van der Waals surface area contributed by atoms with Crippen LogP contribution in [0, 0.1) is 10.1 Å². The number of hydrogen-bond acceptors (Lipinski definition) is 3. The molecule has 4 heteroatoms. The molecule has 12 heavy (non-hydrogen) atoms. The van der Waals surface area contributed by atoms with Crippen LogP contribution in [-0.2, 0) is 0 Å². The molecule has 0 aromatic carbocycles. The number of nitro groups is 1.